The van der Waals surface area contributed by atoms with Crippen LogP contribution in [-0.4, -0.2) is 16.4 Å². The predicted octanol–water partition coefficient (Wildman–Crippen LogP) is 3.18. The van der Waals surface area contributed by atoms with Crippen LogP contribution in [0.2, 0.25) is 5.02 Å². The number of furan rings is 1. The molecule has 2 heterocycles. The number of benzene rings is 1. The van der Waals surface area contributed by atoms with E-state index in [0.717, 1.165) is 6.07 Å². The number of aryl methyl sites for hydroxylation is 1. The SMILES string of the molecule is Cc1c(C(=O)NNC(=O)Cn2cc(C(F)(F)F)cc(Cl)c2=O)oc2ccc(F)cc12. The molecule has 0 unspecified atom stereocenters. The van der Waals surface area contributed by atoms with E-state index in [0.29, 0.717) is 27.8 Å². The lowest BCUT2D eigenvalue weighted by Crippen LogP contribution is -2.44. The van der Waals surface area contributed by atoms with E-state index in [1.165, 1.54) is 19.1 Å². The number of rotatable bonds is 3. The van der Waals surface area contributed by atoms with Gasteiger partial charge in [-0.15, -0.1) is 0 Å². The molecule has 0 aliphatic rings. The molecule has 0 saturated carbocycles. The minimum Gasteiger partial charge on any atom is -0.451 e. The van der Waals surface area contributed by atoms with Gasteiger partial charge < -0.3 is 8.98 Å². The Morgan fingerprint density at radius 3 is 2.57 bits per heavy atom. The highest BCUT2D eigenvalue weighted by Crippen LogP contribution is 2.29. The maximum Gasteiger partial charge on any atom is 0.417 e. The molecular formula is C18H12ClF4N3O4. The summed E-state index contributed by atoms with van der Waals surface area (Å²) in [7, 11) is 0. The predicted molar refractivity (Wildman–Crippen MR) is 97.2 cm³/mol. The van der Waals surface area contributed by atoms with Crippen molar-refractivity contribution in [3.05, 3.63) is 68.5 Å². The maximum atomic E-state index is 13.3. The first-order valence-electron chi connectivity index (χ1n) is 8.22. The van der Waals surface area contributed by atoms with Gasteiger partial charge in [0.15, 0.2) is 5.76 Å². The summed E-state index contributed by atoms with van der Waals surface area (Å²) in [6.45, 7) is 0.666. The van der Waals surface area contributed by atoms with E-state index in [4.69, 9.17) is 16.0 Å². The molecule has 7 nitrogen and oxygen atoms in total. The Morgan fingerprint density at radius 1 is 1.20 bits per heavy atom. The number of alkyl halides is 3. The van der Waals surface area contributed by atoms with E-state index in [-0.39, 0.29) is 11.3 Å². The number of hydrogen-bond donors (Lipinski definition) is 2. The Morgan fingerprint density at radius 2 is 1.90 bits per heavy atom. The van der Waals surface area contributed by atoms with Crippen LogP contribution in [0.25, 0.3) is 11.0 Å². The molecule has 2 aromatic heterocycles. The average molecular weight is 446 g/mol. The fraction of sp³-hybridized carbons (Fsp3) is 0.167. The Labute approximate surface area is 170 Å². The lowest BCUT2D eigenvalue weighted by Gasteiger charge is -2.12. The number of nitrogens with one attached hydrogen (secondary N) is 2. The summed E-state index contributed by atoms with van der Waals surface area (Å²) in [5, 5.41) is -0.358. The average Bonchev–Trinajstić information content (AvgIpc) is 2.98. The number of amides is 2. The first-order chi connectivity index (χ1) is 14.0. The van der Waals surface area contributed by atoms with Crippen molar-refractivity contribution in [2.45, 2.75) is 19.6 Å². The van der Waals surface area contributed by atoms with Crippen LogP contribution in [-0.2, 0) is 17.5 Å². The smallest absolute Gasteiger partial charge is 0.417 e. The van der Waals surface area contributed by atoms with Gasteiger partial charge in [0.1, 0.15) is 23.0 Å². The highest BCUT2D eigenvalue weighted by Gasteiger charge is 2.32. The van der Waals surface area contributed by atoms with Crippen molar-refractivity contribution in [2.24, 2.45) is 0 Å². The van der Waals surface area contributed by atoms with Crippen LogP contribution in [0.15, 0.2) is 39.7 Å². The van der Waals surface area contributed by atoms with Crippen molar-refractivity contribution in [1.82, 2.24) is 15.4 Å². The Hall–Kier alpha value is -3.34. The maximum absolute atomic E-state index is 13.3. The number of pyridine rings is 1. The fourth-order valence-electron chi connectivity index (χ4n) is 2.66. The lowest BCUT2D eigenvalue weighted by atomic mass is 10.1. The lowest BCUT2D eigenvalue weighted by molar-refractivity contribution is -0.138. The van der Waals surface area contributed by atoms with Crippen LogP contribution in [0, 0.1) is 12.7 Å². The molecule has 158 valence electrons. The summed E-state index contributed by atoms with van der Waals surface area (Å²) in [5.74, 6) is -2.61. The molecule has 0 radical (unpaired) electrons. The molecule has 0 aliphatic carbocycles. The van der Waals surface area contributed by atoms with Crippen molar-refractivity contribution in [2.75, 3.05) is 0 Å². The van der Waals surface area contributed by atoms with Gasteiger partial charge in [-0.3, -0.25) is 25.2 Å². The van der Waals surface area contributed by atoms with E-state index in [9.17, 15) is 31.9 Å². The topological polar surface area (TPSA) is 93.3 Å². The molecule has 0 atom stereocenters. The summed E-state index contributed by atoms with van der Waals surface area (Å²) < 4.78 is 57.7. The molecule has 1 aromatic carbocycles. The fourth-order valence-corrected chi connectivity index (χ4v) is 2.89. The molecule has 3 rings (SSSR count). The minimum atomic E-state index is -4.78. The molecule has 2 N–H and O–H groups in total. The highest BCUT2D eigenvalue weighted by molar-refractivity contribution is 6.30. The second-order valence-electron chi connectivity index (χ2n) is 6.21. The summed E-state index contributed by atoms with van der Waals surface area (Å²) >= 11 is 5.51. The van der Waals surface area contributed by atoms with Crippen LogP contribution in [0.5, 0.6) is 0 Å². The molecule has 0 saturated heterocycles. The molecule has 3 aromatic rings. The van der Waals surface area contributed by atoms with Crippen molar-refractivity contribution in [1.29, 1.82) is 0 Å². The first-order valence-corrected chi connectivity index (χ1v) is 8.60. The van der Waals surface area contributed by atoms with E-state index in [1.807, 2.05) is 10.9 Å². The van der Waals surface area contributed by atoms with Crippen molar-refractivity contribution in [3.63, 3.8) is 0 Å². The Balaban J connectivity index is 1.72. The van der Waals surface area contributed by atoms with Gasteiger partial charge in [0.25, 0.3) is 11.5 Å². The van der Waals surface area contributed by atoms with Gasteiger partial charge in [0.2, 0.25) is 0 Å². The zero-order valence-corrected chi connectivity index (χ0v) is 15.8. The standard InChI is InChI=1S/C18H12ClF4N3O4/c1-8-11-5-10(20)2-3-13(11)30-15(8)16(28)25-24-14(27)7-26-6-9(18(21,22)23)4-12(19)17(26)29/h2-6H,7H2,1H3,(H,24,27)(H,25,28). The molecular weight excluding hydrogens is 434 g/mol. The van der Waals surface area contributed by atoms with E-state index < -0.39 is 46.5 Å². The van der Waals surface area contributed by atoms with Gasteiger partial charge in [0.05, 0.1) is 5.56 Å². The van der Waals surface area contributed by atoms with Gasteiger partial charge in [-0.05, 0) is 31.2 Å². The summed E-state index contributed by atoms with van der Waals surface area (Å²) in [6.07, 6.45) is -4.34. The van der Waals surface area contributed by atoms with E-state index in [1.54, 1.807) is 0 Å². The third-order valence-corrected chi connectivity index (χ3v) is 4.37. The van der Waals surface area contributed by atoms with Gasteiger partial charge >= 0.3 is 12.1 Å². The van der Waals surface area contributed by atoms with Gasteiger partial charge in [-0.1, -0.05) is 11.6 Å². The monoisotopic (exact) mass is 445 g/mol. The third-order valence-electron chi connectivity index (χ3n) is 4.10. The number of nitrogens with zero attached hydrogens (tertiary/aromatic N) is 1. The summed E-state index contributed by atoms with van der Waals surface area (Å²) in [6, 6.07) is 4.10. The number of hydrazine groups is 1. The normalized spacial score (nSPS) is 11.5. The van der Waals surface area contributed by atoms with Gasteiger partial charge in [0, 0.05) is 17.1 Å². The van der Waals surface area contributed by atoms with Gasteiger partial charge in [-0.2, -0.15) is 13.2 Å². The summed E-state index contributed by atoms with van der Waals surface area (Å²) in [5.41, 5.74) is 2.31. The van der Waals surface area contributed by atoms with Crippen molar-refractivity contribution >= 4 is 34.4 Å². The molecule has 0 bridgehead atoms. The molecule has 0 fully saturated rings. The van der Waals surface area contributed by atoms with Crippen LogP contribution in [0.4, 0.5) is 17.6 Å². The molecule has 0 aliphatic heterocycles. The van der Waals surface area contributed by atoms with E-state index >= 15 is 0 Å². The van der Waals surface area contributed by atoms with Crippen LogP contribution in [0.3, 0.4) is 0 Å². The number of fused-ring (bicyclic) bond motifs is 1. The van der Waals surface area contributed by atoms with E-state index in [2.05, 4.69) is 0 Å². The van der Waals surface area contributed by atoms with Crippen LogP contribution >= 0.6 is 11.6 Å². The zero-order chi connectivity index (χ0) is 22.2. The molecule has 0 spiro atoms. The molecule has 30 heavy (non-hydrogen) atoms. The minimum absolute atomic E-state index is 0.199. The number of hydrogen-bond acceptors (Lipinski definition) is 4. The van der Waals surface area contributed by atoms with Crippen LogP contribution in [0.1, 0.15) is 21.7 Å². The number of halogens is 5. The van der Waals surface area contributed by atoms with Gasteiger partial charge in [-0.25, -0.2) is 4.39 Å². The summed E-state index contributed by atoms with van der Waals surface area (Å²) in [4.78, 5) is 36.1. The second-order valence-corrected chi connectivity index (χ2v) is 6.61. The molecule has 2 amide bonds. The molecule has 12 heteroatoms. The Kier molecular flexibility index (Phi) is 5.57. The first kappa shape index (κ1) is 21.4. The van der Waals surface area contributed by atoms with Crippen LogP contribution < -0.4 is 16.4 Å². The number of carbonyl (C=O) groups is 2. The largest absolute Gasteiger partial charge is 0.451 e. The van der Waals surface area contributed by atoms with Crippen molar-refractivity contribution < 1.29 is 31.6 Å². The zero-order valence-electron chi connectivity index (χ0n) is 15.1. The van der Waals surface area contributed by atoms with Crippen molar-refractivity contribution in [3.8, 4) is 0 Å². The highest BCUT2D eigenvalue weighted by atomic mass is 35.5. The second kappa shape index (κ2) is 7.82. The number of carbonyl (C=O) groups excluding carboxylic acids is 2. The number of aromatic nitrogens is 1. The quantitative estimate of drug-likeness (QED) is 0.478. The third kappa shape index (κ3) is 4.30. The Bertz CT molecular complexity index is 1220.